The van der Waals surface area contributed by atoms with E-state index in [0.29, 0.717) is 19.1 Å². The first kappa shape index (κ1) is 17.4. The Bertz CT molecular complexity index is 1000. The molecule has 2 aliphatic rings. The van der Waals surface area contributed by atoms with E-state index in [0.717, 1.165) is 22.9 Å². The molecule has 3 heterocycles. The number of fused-ring (bicyclic) bond motifs is 2. The number of anilines is 2. The van der Waals surface area contributed by atoms with Crippen LogP contribution in [0.3, 0.4) is 0 Å². The van der Waals surface area contributed by atoms with Crippen LogP contribution in [-0.4, -0.2) is 42.8 Å². The van der Waals surface area contributed by atoms with Crippen molar-refractivity contribution < 1.29 is 9.47 Å². The Balaban J connectivity index is 1.42. The molecule has 0 bridgehead atoms. The first-order chi connectivity index (χ1) is 13.7. The van der Waals surface area contributed by atoms with Crippen LogP contribution in [0.1, 0.15) is 24.3 Å². The Hall–Kier alpha value is -2.66. The van der Waals surface area contributed by atoms with E-state index in [-0.39, 0.29) is 0 Å². The van der Waals surface area contributed by atoms with Crippen molar-refractivity contribution in [1.82, 2.24) is 9.47 Å². The van der Waals surface area contributed by atoms with Gasteiger partial charge in [0.1, 0.15) is 13.2 Å². The van der Waals surface area contributed by atoms with Crippen LogP contribution in [0.5, 0.6) is 11.5 Å². The molecular formula is C23H27N3O2. The van der Waals surface area contributed by atoms with Crippen molar-refractivity contribution in [3.8, 4) is 11.5 Å². The van der Waals surface area contributed by atoms with Gasteiger partial charge in [0.15, 0.2) is 11.5 Å². The third kappa shape index (κ3) is 3.20. The van der Waals surface area contributed by atoms with Gasteiger partial charge in [-0.15, -0.1) is 0 Å². The summed E-state index contributed by atoms with van der Waals surface area (Å²) in [6.45, 7) is 3.59. The second-order valence-electron chi connectivity index (χ2n) is 7.99. The summed E-state index contributed by atoms with van der Waals surface area (Å²) in [6.07, 6.45) is 4.81. The monoisotopic (exact) mass is 377 g/mol. The van der Waals surface area contributed by atoms with E-state index >= 15 is 0 Å². The molecule has 0 radical (unpaired) electrons. The molecule has 1 fully saturated rings. The molecule has 2 aliphatic heterocycles. The normalized spacial score (nSPS) is 17.8. The zero-order valence-corrected chi connectivity index (χ0v) is 16.6. The van der Waals surface area contributed by atoms with Crippen LogP contribution in [-0.2, 0) is 7.05 Å². The van der Waals surface area contributed by atoms with Crippen molar-refractivity contribution in [2.75, 3.05) is 38.7 Å². The largest absolute Gasteiger partial charge is 0.486 e. The minimum atomic E-state index is 0.603. The summed E-state index contributed by atoms with van der Waals surface area (Å²) in [5.41, 5.74) is 4.86. The maximum Gasteiger partial charge on any atom is 0.163 e. The number of hydrogen-bond donors (Lipinski definition) is 1. The van der Waals surface area contributed by atoms with Gasteiger partial charge >= 0.3 is 0 Å². The van der Waals surface area contributed by atoms with Gasteiger partial charge in [-0.05, 0) is 68.7 Å². The maximum absolute atomic E-state index is 5.70. The summed E-state index contributed by atoms with van der Waals surface area (Å²) in [4.78, 5) is 2.43. The zero-order valence-electron chi connectivity index (χ0n) is 16.6. The molecule has 2 aromatic carbocycles. The summed E-state index contributed by atoms with van der Waals surface area (Å²) in [5.74, 6) is 2.29. The Morgan fingerprint density at radius 3 is 2.43 bits per heavy atom. The highest BCUT2D eigenvalue weighted by Crippen LogP contribution is 2.36. The molecule has 0 amide bonds. The average molecular weight is 377 g/mol. The molecule has 28 heavy (non-hydrogen) atoms. The highest BCUT2D eigenvalue weighted by molar-refractivity contribution is 5.88. The van der Waals surface area contributed by atoms with Crippen LogP contribution < -0.4 is 14.8 Å². The lowest BCUT2D eigenvalue weighted by Crippen LogP contribution is -2.29. The summed E-state index contributed by atoms with van der Waals surface area (Å²) >= 11 is 0. The van der Waals surface area contributed by atoms with Crippen LogP contribution in [0.15, 0.2) is 42.6 Å². The number of aryl methyl sites for hydroxylation is 1. The molecule has 5 nitrogen and oxygen atoms in total. The molecule has 0 atom stereocenters. The van der Waals surface area contributed by atoms with E-state index in [1.54, 1.807) is 0 Å². The van der Waals surface area contributed by atoms with Crippen molar-refractivity contribution in [2.45, 2.75) is 18.8 Å². The van der Waals surface area contributed by atoms with Gasteiger partial charge in [0.05, 0.1) is 5.52 Å². The van der Waals surface area contributed by atoms with E-state index in [2.05, 4.69) is 53.3 Å². The third-order valence-electron chi connectivity index (χ3n) is 6.01. The lowest BCUT2D eigenvalue weighted by Gasteiger charge is -2.28. The first-order valence-corrected chi connectivity index (χ1v) is 10.1. The van der Waals surface area contributed by atoms with E-state index in [1.165, 1.54) is 42.4 Å². The van der Waals surface area contributed by atoms with Crippen molar-refractivity contribution >= 4 is 22.3 Å². The number of piperidine rings is 1. The van der Waals surface area contributed by atoms with E-state index in [9.17, 15) is 0 Å². The van der Waals surface area contributed by atoms with Crippen molar-refractivity contribution in [2.24, 2.45) is 7.05 Å². The fourth-order valence-electron chi connectivity index (χ4n) is 4.43. The molecular weight excluding hydrogens is 350 g/mol. The summed E-state index contributed by atoms with van der Waals surface area (Å²) in [5, 5.41) is 4.89. The fourth-order valence-corrected chi connectivity index (χ4v) is 4.43. The topological polar surface area (TPSA) is 38.7 Å². The van der Waals surface area contributed by atoms with Crippen molar-refractivity contribution in [1.29, 1.82) is 0 Å². The molecule has 5 rings (SSSR count). The predicted octanol–water partition coefficient (Wildman–Crippen LogP) is 4.50. The Labute approximate surface area is 165 Å². The summed E-state index contributed by atoms with van der Waals surface area (Å²) in [6, 6.07) is 12.7. The predicted molar refractivity (Wildman–Crippen MR) is 113 cm³/mol. The molecule has 0 aliphatic carbocycles. The number of ether oxygens (including phenoxy) is 2. The number of benzene rings is 2. The minimum Gasteiger partial charge on any atom is -0.486 e. The first-order valence-electron chi connectivity index (χ1n) is 10.1. The number of likely N-dealkylation sites (tertiary alicyclic amines) is 1. The third-order valence-corrected chi connectivity index (χ3v) is 6.01. The van der Waals surface area contributed by atoms with Gasteiger partial charge in [0.25, 0.3) is 0 Å². The standard InChI is InChI=1S/C23H27N3O2/c1-25-9-7-16(8-10-25)20-15-26(2)21-13-17(3-5-19(20)21)24-18-4-6-22-23(14-18)28-12-11-27-22/h3-6,13-16,24H,7-12H2,1-2H3. The maximum atomic E-state index is 5.70. The van der Waals surface area contributed by atoms with Gasteiger partial charge in [-0.3, -0.25) is 0 Å². The number of hydrogen-bond acceptors (Lipinski definition) is 4. The molecule has 3 aromatic rings. The SMILES string of the molecule is CN1CCC(c2cn(C)c3cc(Nc4ccc5c(c4)OCCO5)ccc23)CC1. The smallest absolute Gasteiger partial charge is 0.163 e. The number of nitrogens with one attached hydrogen (secondary N) is 1. The fraction of sp³-hybridized carbons (Fsp3) is 0.391. The number of aromatic nitrogens is 1. The van der Waals surface area contributed by atoms with Crippen LogP contribution in [0.25, 0.3) is 10.9 Å². The quantitative estimate of drug-likeness (QED) is 0.729. The van der Waals surface area contributed by atoms with Crippen LogP contribution in [0.4, 0.5) is 11.4 Å². The highest BCUT2D eigenvalue weighted by Gasteiger charge is 2.22. The second-order valence-corrected chi connectivity index (χ2v) is 7.99. The number of nitrogens with zero attached hydrogens (tertiary/aromatic N) is 2. The van der Waals surface area contributed by atoms with E-state index in [1.807, 2.05) is 18.2 Å². The van der Waals surface area contributed by atoms with Crippen molar-refractivity contribution in [3.05, 3.63) is 48.2 Å². The lowest BCUT2D eigenvalue weighted by atomic mass is 9.89. The Morgan fingerprint density at radius 2 is 1.61 bits per heavy atom. The van der Waals surface area contributed by atoms with E-state index < -0.39 is 0 Å². The zero-order chi connectivity index (χ0) is 19.1. The molecule has 0 unspecified atom stereocenters. The van der Waals surface area contributed by atoms with Gasteiger partial charge in [-0.1, -0.05) is 6.07 Å². The number of rotatable bonds is 3. The molecule has 0 saturated carbocycles. The van der Waals surface area contributed by atoms with Gasteiger partial charge in [0.2, 0.25) is 0 Å². The molecule has 1 N–H and O–H groups in total. The van der Waals surface area contributed by atoms with Gasteiger partial charge in [0, 0.05) is 36.1 Å². The second kappa shape index (κ2) is 7.06. The summed E-state index contributed by atoms with van der Waals surface area (Å²) in [7, 11) is 4.36. The molecule has 1 aromatic heterocycles. The molecule has 0 spiro atoms. The molecule has 146 valence electrons. The Kier molecular flexibility index (Phi) is 4.40. The van der Waals surface area contributed by atoms with Crippen LogP contribution >= 0.6 is 0 Å². The van der Waals surface area contributed by atoms with Crippen LogP contribution in [0, 0.1) is 0 Å². The lowest BCUT2D eigenvalue weighted by molar-refractivity contribution is 0.171. The van der Waals surface area contributed by atoms with Crippen molar-refractivity contribution in [3.63, 3.8) is 0 Å². The van der Waals surface area contributed by atoms with Crippen LogP contribution in [0.2, 0.25) is 0 Å². The average Bonchev–Trinajstić information content (AvgIpc) is 3.05. The van der Waals surface area contributed by atoms with Gasteiger partial charge < -0.3 is 24.3 Å². The minimum absolute atomic E-state index is 0.603. The van der Waals surface area contributed by atoms with Gasteiger partial charge in [-0.2, -0.15) is 0 Å². The Morgan fingerprint density at radius 1 is 0.893 bits per heavy atom. The molecule has 5 heteroatoms. The highest BCUT2D eigenvalue weighted by atomic mass is 16.6. The van der Waals surface area contributed by atoms with Gasteiger partial charge in [-0.25, -0.2) is 0 Å². The molecule has 1 saturated heterocycles. The summed E-state index contributed by atoms with van der Waals surface area (Å²) < 4.78 is 13.6. The van der Waals surface area contributed by atoms with E-state index in [4.69, 9.17) is 9.47 Å².